The summed E-state index contributed by atoms with van der Waals surface area (Å²) in [7, 11) is 3.94. The zero-order chi connectivity index (χ0) is 20.4. The van der Waals surface area contributed by atoms with E-state index in [4.69, 9.17) is 16.3 Å². The highest BCUT2D eigenvalue weighted by Crippen LogP contribution is 2.26. The second-order valence-electron chi connectivity index (χ2n) is 7.04. The number of hydrogen-bond donors (Lipinski definition) is 2. The first-order valence-electron chi connectivity index (χ1n) is 9.31. The van der Waals surface area contributed by atoms with Crippen LogP contribution in [0.15, 0.2) is 60.8 Å². The number of aromatic amines is 1. The average Bonchev–Trinajstić information content (AvgIpc) is 3.14. The highest BCUT2D eigenvalue weighted by Gasteiger charge is 2.09. The van der Waals surface area contributed by atoms with Crippen LogP contribution in [0.4, 0.5) is 11.6 Å². The Hall–Kier alpha value is -3.25. The average molecular weight is 408 g/mol. The Morgan fingerprint density at radius 3 is 2.55 bits per heavy atom. The number of ether oxygens (including phenoxy) is 1. The fourth-order valence-corrected chi connectivity index (χ4v) is 3.11. The molecule has 4 aromatic rings. The second kappa shape index (κ2) is 8.01. The minimum Gasteiger partial charge on any atom is -0.439 e. The van der Waals surface area contributed by atoms with Crippen molar-refractivity contribution in [3.8, 4) is 11.6 Å². The van der Waals surface area contributed by atoms with Gasteiger partial charge in [-0.05, 0) is 48.9 Å². The molecule has 1 unspecified atom stereocenters. The maximum absolute atomic E-state index is 5.85. The number of aromatic nitrogens is 3. The van der Waals surface area contributed by atoms with E-state index >= 15 is 0 Å². The molecule has 1 atom stereocenters. The van der Waals surface area contributed by atoms with Gasteiger partial charge in [-0.3, -0.25) is 0 Å². The van der Waals surface area contributed by atoms with Crippen molar-refractivity contribution in [2.45, 2.75) is 13.0 Å². The Morgan fingerprint density at radius 2 is 1.86 bits per heavy atom. The molecule has 0 radical (unpaired) electrons. The SMILES string of the molecule is CC(Nc1ccc2nc(N(C)C)[nH]c2c1)c1ccc(Oc2ccc(Cl)cn2)cc1. The van der Waals surface area contributed by atoms with Crippen LogP contribution >= 0.6 is 11.6 Å². The van der Waals surface area contributed by atoms with Crippen LogP contribution in [0.5, 0.6) is 11.6 Å². The maximum atomic E-state index is 5.85. The number of rotatable bonds is 6. The molecule has 0 fully saturated rings. The van der Waals surface area contributed by atoms with E-state index in [1.54, 1.807) is 18.3 Å². The van der Waals surface area contributed by atoms with Crippen molar-refractivity contribution >= 4 is 34.3 Å². The number of anilines is 2. The second-order valence-corrected chi connectivity index (χ2v) is 7.47. The van der Waals surface area contributed by atoms with Gasteiger partial charge >= 0.3 is 0 Å². The largest absolute Gasteiger partial charge is 0.439 e. The number of imidazole rings is 1. The van der Waals surface area contributed by atoms with Gasteiger partial charge in [-0.2, -0.15) is 0 Å². The molecule has 0 bridgehead atoms. The Labute approximate surface area is 174 Å². The summed E-state index contributed by atoms with van der Waals surface area (Å²) in [5, 5.41) is 4.12. The molecule has 4 rings (SSSR count). The number of nitrogens with one attached hydrogen (secondary N) is 2. The van der Waals surface area contributed by atoms with E-state index in [0.717, 1.165) is 34.0 Å². The lowest BCUT2D eigenvalue weighted by Gasteiger charge is -2.16. The topological polar surface area (TPSA) is 66.1 Å². The fourth-order valence-electron chi connectivity index (χ4n) is 3.00. The van der Waals surface area contributed by atoms with Crippen LogP contribution in [0.3, 0.4) is 0 Å². The Bertz CT molecular complexity index is 1110. The van der Waals surface area contributed by atoms with Crippen LogP contribution in [0.1, 0.15) is 18.5 Å². The molecular weight excluding hydrogens is 386 g/mol. The summed E-state index contributed by atoms with van der Waals surface area (Å²) >= 11 is 5.85. The molecule has 2 aromatic heterocycles. The molecule has 0 spiro atoms. The van der Waals surface area contributed by atoms with Crippen LogP contribution in [0.25, 0.3) is 11.0 Å². The predicted octanol–water partition coefficient (Wildman–Crippen LogP) is 5.64. The molecular formula is C22H22ClN5O. The number of fused-ring (bicyclic) bond motifs is 1. The van der Waals surface area contributed by atoms with Gasteiger partial charge in [0.2, 0.25) is 11.8 Å². The van der Waals surface area contributed by atoms with Crippen LogP contribution in [0.2, 0.25) is 5.02 Å². The molecule has 148 valence electrons. The van der Waals surface area contributed by atoms with Crippen molar-refractivity contribution in [2.24, 2.45) is 0 Å². The van der Waals surface area contributed by atoms with E-state index < -0.39 is 0 Å². The van der Waals surface area contributed by atoms with Crippen LogP contribution in [0, 0.1) is 0 Å². The Kier molecular flexibility index (Phi) is 5.27. The molecule has 2 heterocycles. The van der Waals surface area contributed by atoms with Gasteiger partial charge in [0.15, 0.2) is 0 Å². The number of hydrogen-bond acceptors (Lipinski definition) is 5. The molecule has 0 saturated heterocycles. The quantitative estimate of drug-likeness (QED) is 0.432. The van der Waals surface area contributed by atoms with E-state index in [-0.39, 0.29) is 6.04 Å². The van der Waals surface area contributed by atoms with Gasteiger partial charge in [-0.1, -0.05) is 23.7 Å². The van der Waals surface area contributed by atoms with Gasteiger partial charge < -0.3 is 19.9 Å². The predicted molar refractivity (Wildman–Crippen MR) is 118 cm³/mol. The first kappa shape index (κ1) is 19.1. The van der Waals surface area contributed by atoms with Crippen molar-refractivity contribution in [3.63, 3.8) is 0 Å². The Balaban J connectivity index is 1.44. The third-order valence-electron chi connectivity index (χ3n) is 4.58. The van der Waals surface area contributed by atoms with Gasteiger partial charge in [0.1, 0.15) is 5.75 Å². The van der Waals surface area contributed by atoms with Crippen molar-refractivity contribution in [1.82, 2.24) is 15.0 Å². The molecule has 0 aliphatic rings. The van der Waals surface area contributed by atoms with Crippen molar-refractivity contribution < 1.29 is 4.74 Å². The molecule has 0 aliphatic heterocycles. The summed E-state index contributed by atoms with van der Waals surface area (Å²) in [4.78, 5) is 14.0. The number of benzene rings is 2. The summed E-state index contributed by atoms with van der Waals surface area (Å²) in [6.45, 7) is 2.12. The molecule has 2 aromatic carbocycles. The molecule has 2 N–H and O–H groups in total. The third-order valence-corrected chi connectivity index (χ3v) is 4.80. The van der Waals surface area contributed by atoms with Gasteiger partial charge in [0.25, 0.3) is 0 Å². The number of H-pyrrole nitrogens is 1. The minimum atomic E-state index is 0.131. The van der Waals surface area contributed by atoms with E-state index in [0.29, 0.717) is 10.9 Å². The highest BCUT2D eigenvalue weighted by atomic mass is 35.5. The third kappa shape index (κ3) is 4.43. The Morgan fingerprint density at radius 1 is 1.07 bits per heavy atom. The van der Waals surface area contributed by atoms with Crippen molar-refractivity contribution in [2.75, 3.05) is 24.3 Å². The maximum Gasteiger partial charge on any atom is 0.219 e. The van der Waals surface area contributed by atoms with Gasteiger partial charge in [-0.15, -0.1) is 0 Å². The number of pyridine rings is 1. The van der Waals surface area contributed by atoms with Crippen LogP contribution in [-0.4, -0.2) is 29.0 Å². The molecule has 0 amide bonds. The highest BCUT2D eigenvalue weighted by molar-refractivity contribution is 6.30. The first-order chi connectivity index (χ1) is 14.0. The van der Waals surface area contributed by atoms with E-state index in [1.165, 1.54) is 0 Å². The molecule has 0 aliphatic carbocycles. The van der Waals surface area contributed by atoms with E-state index in [2.05, 4.69) is 33.3 Å². The summed E-state index contributed by atoms with van der Waals surface area (Å²) in [5.74, 6) is 2.08. The fraction of sp³-hybridized carbons (Fsp3) is 0.182. The van der Waals surface area contributed by atoms with Crippen molar-refractivity contribution in [3.05, 3.63) is 71.4 Å². The molecule has 7 heteroatoms. The lowest BCUT2D eigenvalue weighted by atomic mass is 10.1. The van der Waals surface area contributed by atoms with Gasteiger partial charge in [0.05, 0.1) is 16.1 Å². The van der Waals surface area contributed by atoms with Crippen LogP contribution < -0.4 is 15.0 Å². The monoisotopic (exact) mass is 407 g/mol. The van der Waals surface area contributed by atoms with Crippen molar-refractivity contribution in [1.29, 1.82) is 0 Å². The minimum absolute atomic E-state index is 0.131. The van der Waals surface area contributed by atoms with Crippen LogP contribution in [-0.2, 0) is 0 Å². The zero-order valence-corrected chi connectivity index (χ0v) is 17.2. The smallest absolute Gasteiger partial charge is 0.219 e. The zero-order valence-electron chi connectivity index (χ0n) is 16.5. The number of halogens is 1. The summed E-state index contributed by atoms with van der Waals surface area (Å²) in [5.41, 5.74) is 4.14. The lowest BCUT2D eigenvalue weighted by molar-refractivity contribution is 0.462. The molecule has 29 heavy (non-hydrogen) atoms. The van der Waals surface area contributed by atoms with Gasteiger partial charge in [0, 0.05) is 38.1 Å². The first-order valence-corrected chi connectivity index (χ1v) is 9.69. The summed E-state index contributed by atoms with van der Waals surface area (Å²) in [6.07, 6.45) is 1.56. The van der Waals surface area contributed by atoms with E-state index in [1.807, 2.05) is 55.4 Å². The standard InChI is InChI=1S/C22H22ClN5O/c1-14(25-17-7-10-19-20(12-17)27-22(26-19)28(2)3)15-4-8-18(9-5-15)29-21-11-6-16(23)13-24-21/h4-14,25H,1-3H3,(H,26,27). The summed E-state index contributed by atoms with van der Waals surface area (Å²) < 4.78 is 5.75. The van der Waals surface area contributed by atoms with Gasteiger partial charge in [-0.25, -0.2) is 9.97 Å². The van der Waals surface area contributed by atoms with E-state index in [9.17, 15) is 0 Å². The molecule has 6 nitrogen and oxygen atoms in total. The molecule has 0 saturated carbocycles. The lowest BCUT2D eigenvalue weighted by Crippen LogP contribution is -2.09. The summed E-state index contributed by atoms with van der Waals surface area (Å²) in [6, 6.07) is 17.7. The number of nitrogens with zero attached hydrogens (tertiary/aromatic N) is 3. The normalized spacial score (nSPS) is 12.0.